The Morgan fingerprint density at radius 2 is 2.25 bits per heavy atom. The van der Waals surface area contributed by atoms with Crippen LogP contribution in [0.5, 0.6) is 0 Å². The van der Waals surface area contributed by atoms with Crippen molar-refractivity contribution >= 4 is 0 Å². The van der Waals surface area contributed by atoms with Crippen molar-refractivity contribution in [1.82, 2.24) is 10.2 Å². The summed E-state index contributed by atoms with van der Waals surface area (Å²) in [5.41, 5.74) is 0.443. The fourth-order valence-electron chi connectivity index (χ4n) is 3.35. The van der Waals surface area contributed by atoms with E-state index in [4.69, 9.17) is 0 Å². The fourth-order valence-corrected chi connectivity index (χ4v) is 3.35. The van der Waals surface area contributed by atoms with Gasteiger partial charge in [-0.25, -0.2) is 0 Å². The summed E-state index contributed by atoms with van der Waals surface area (Å²) in [5, 5.41) is 13.3. The van der Waals surface area contributed by atoms with Crippen LogP contribution in [0.25, 0.3) is 0 Å². The molecule has 16 heavy (non-hydrogen) atoms. The highest BCUT2D eigenvalue weighted by Crippen LogP contribution is 2.29. The minimum absolute atomic E-state index is 0.0445. The predicted molar refractivity (Wildman–Crippen MR) is 66.4 cm³/mol. The summed E-state index contributed by atoms with van der Waals surface area (Å²) in [7, 11) is 2.20. The maximum Gasteiger partial charge on any atom is 0.0580 e. The van der Waals surface area contributed by atoms with Crippen LogP contribution in [0.2, 0.25) is 0 Å². The van der Waals surface area contributed by atoms with E-state index < -0.39 is 0 Å². The van der Waals surface area contributed by atoms with Crippen LogP contribution in [0.15, 0.2) is 0 Å². The summed E-state index contributed by atoms with van der Waals surface area (Å²) in [6.45, 7) is 6.90. The Hall–Kier alpha value is -0.120. The molecule has 3 nitrogen and oxygen atoms in total. The van der Waals surface area contributed by atoms with Crippen molar-refractivity contribution in [1.29, 1.82) is 0 Å². The lowest BCUT2D eigenvalue weighted by molar-refractivity contribution is 0.0969. The highest BCUT2D eigenvalue weighted by Gasteiger charge is 2.32. The molecule has 0 aromatic heterocycles. The van der Waals surface area contributed by atoms with E-state index >= 15 is 0 Å². The number of aliphatic hydroxyl groups excluding tert-OH is 1. The second-order valence-corrected chi connectivity index (χ2v) is 6.19. The number of aliphatic hydroxyl groups is 1. The van der Waals surface area contributed by atoms with Crippen LogP contribution in [-0.2, 0) is 0 Å². The Morgan fingerprint density at radius 3 is 2.81 bits per heavy atom. The molecular formula is C13H26N2O. The molecule has 94 valence electrons. The second kappa shape index (κ2) is 5.03. The van der Waals surface area contributed by atoms with Gasteiger partial charge in [0.15, 0.2) is 0 Å². The lowest BCUT2D eigenvalue weighted by atomic mass is 9.89. The van der Waals surface area contributed by atoms with Gasteiger partial charge in [0.05, 0.1) is 6.10 Å². The molecule has 0 amide bonds. The van der Waals surface area contributed by atoms with Gasteiger partial charge in [-0.15, -0.1) is 0 Å². The molecule has 0 aromatic rings. The van der Waals surface area contributed by atoms with Gasteiger partial charge in [0.25, 0.3) is 0 Å². The molecule has 1 saturated carbocycles. The van der Waals surface area contributed by atoms with Crippen LogP contribution in [0.4, 0.5) is 0 Å². The summed E-state index contributed by atoms with van der Waals surface area (Å²) in [6, 6.07) is 0. The quantitative estimate of drug-likeness (QED) is 0.753. The van der Waals surface area contributed by atoms with E-state index in [2.05, 4.69) is 24.2 Å². The molecule has 2 N–H and O–H groups in total. The van der Waals surface area contributed by atoms with Gasteiger partial charge >= 0.3 is 0 Å². The lowest BCUT2D eigenvalue weighted by Gasteiger charge is -2.31. The van der Waals surface area contributed by atoms with Gasteiger partial charge in [0.1, 0.15) is 0 Å². The smallest absolute Gasteiger partial charge is 0.0580 e. The van der Waals surface area contributed by atoms with E-state index in [9.17, 15) is 5.11 Å². The minimum Gasteiger partial charge on any atom is -0.393 e. The molecule has 0 spiro atoms. The van der Waals surface area contributed by atoms with E-state index in [1.165, 1.54) is 19.3 Å². The predicted octanol–water partition coefficient (Wildman–Crippen LogP) is 1.08. The zero-order chi connectivity index (χ0) is 11.6. The van der Waals surface area contributed by atoms with Crippen molar-refractivity contribution in [2.24, 2.45) is 11.3 Å². The summed E-state index contributed by atoms with van der Waals surface area (Å²) in [5.74, 6) is 0.517. The van der Waals surface area contributed by atoms with Crippen LogP contribution in [0.3, 0.4) is 0 Å². The fraction of sp³-hybridized carbons (Fsp3) is 1.00. The van der Waals surface area contributed by atoms with Crippen molar-refractivity contribution < 1.29 is 5.11 Å². The molecule has 0 radical (unpaired) electrons. The average Bonchev–Trinajstić information content (AvgIpc) is 2.77. The molecule has 1 aliphatic heterocycles. The van der Waals surface area contributed by atoms with E-state index in [1.54, 1.807) is 0 Å². The first-order valence-electron chi connectivity index (χ1n) is 6.66. The van der Waals surface area contributed by atoms with Crippen LogP contribution in [0.1, 0.15) is 32.6 Å². The molecule has 1 saturated heterocycles. The zero-order valence-corrected chi connectivity index (χ0v) is 10.7. The summed E-state index contributed by atoms with van der Waals surface area (Å²) in [4.78, 5) is 2.42. The monoisotopic (exact) mass is 226 g/mol. The molecule has 3 unspecified atom stereocenters. The third-order valence-corrected chi connectivity index (χ3v) is 4.27. The number of nitrogens with one attached hydrogen (secondary N) is 1. The molecule has 3 atom stereocenters. The highest BCUT2D eigenvalue weighted by molar-refractivity contribution is 4.87. The van der Waals surface area contributed by atoms with Crippen molar-refractivity contribution in [3.8, 4) is 0 Å². The molecule has 0 bridgehead atoms. The van der Waals surface area contributed by atoms with E-state index in [1.807, 2.05) is 0 Å². The van der Waals surface area contributed by atoms with Gasteiger partial charge in [-0.05, 0) is 44.2 Å². The van der Waals surface area contributed by atoms with Gasteiger partial charge in [0.2, 0.25) is 0 Å². The Bertz CT molecular complexity index is 226. The van der Waals surface area contributed by atoms with Crippen molar-refractivity contribution in [2.45, 2.75) is 38.7 Å². The maximum atomic E-state index is 9.82. The van der Waals surface area contributed by atoms with E-state index in [0.717, 1.165) is 32.6 Å². The molecule has 0 aromatic carbocycles. The van der Waals surface area contributed by atoms with Crippen LogP contribution < -0.4 is 5.32 Å². The van der Waals surface area contributed by atoms with Gasteiger partial charge in [-0.3, -0.25) is 0 Å². The van der Waals surface area contributed by atoms with Crippen LogP contribution in [0, 0.1) is 11.3 Å². The lowest BCUT2D eigenvalue weighted by Crippen LogP contribution is -2.38. The third-order valence-electron chi connectivity index (χ3n) is 4.27. The minimum atomic E-state index is -0.0445. The molecule has 3 heteroatoms. The maximum absolute atomic E-state index is 9.82. The Morgan fingerprint density at radius 1 is 1.44 bits per heavy atom. The summed E-state index contributed by atoms with van der Waals surface area (Å²) >= 11 is 0. The zero-order valence-electron chi connectivity index (χ0n) is 10.7. The van der Waals surface area contributed by atoms with E-state index in [-0.39, 0.29) is 6.10 Å². The first-order chi connectivity index (χ1) is 7.59. The third kappa shape index (κ3) is 2.96. The second-order valence-electron chi connectivity index (χ2n) is 6.19. The standard InChI is InChI=1S/C13H26N2O/c1-13(6-7-14-9-13)10-15(2)8-11-4-3-5-12(11)16/h11-12,14,16H,3-10H2,1-2H3. The SMILES string of the molecule is CN(CC1CCCC1O)CC1(C)CCNC1. The van der Waals surface area contributed by atoms with Crippen molar-refractivity contribution in [3.05, 3.63) is 0 Å². The normalized spacial score (nSPS) is 39.8. The average molecular weight is 226 g/mol. The largest absolute Gasteiger partial charge is 0.393 e. The topological polar surface area (TPSA) is 35.5 Å². The molecule has 2 fully saturated rings. The van der Waals surface area contributed by atoms with Crippen LogP contribution >= 0.6 is 0 Å². The van der Waals surface area contributed by atoms with Gasteiger partial charge < -0.3 is 15.3 Å². The first-order valence-corrected chi connectivity index (χ1v) is 6.66. The molecular weight excluding hydrogens is 200 g/mol. The number of rotatable bonds is 4. The number of nitrogens with zero attached hydrogens (tertiary/aromatic N) is 1. The molecule has 1 aliphatic carbocycles. The Balaban J connectivity index is 1.77. The van der Waals surface area contributed by atoms with E-state index in [0.29, 0.717) is 11.3 Å². The Kier molecular flexibility index (Phi) is 3.88. The molecule has 1 heterocycles. The first kappa shape index (κ1) is 12.3. The summed E-state index contributed by atoms with van der Waals surface area (Å²) < 4.78 is 0. The number of hydrogen-bond acceptors (Lipinski definition) is 3. The highest BCUT2D eigenvalue weighted by atomic mass is 16.3. The van der Waals surface area contributed by atoms with Crippen molar-refractivity contribution in [3.63, 3.8) is 0 Å². The Labute approximate surface area is 99.2 Å². The number of hydrogen-bond donors (Lipinski definition) is 2. The summed E-state index contributed by atoms with van der Waals surface area (Å²) in [6.07, 6.45) is 4.66. The molecule has 2 aliphatic rings. The van der Waals surface area contributed by atoms with Crippen molar-refractivity contribution in [2.75, 3.05) is 33.2 Å². The van der Waals surface area contributed by atoms with Gasteiger partial charge in [0, 0.05) is 19.6 Å². The van der Waals surface area contributed by atoms with Gasteiger partial charge in [-0.1, -0.05) is 13.3 Å². The van der Waals surface area contributed by atoms with Crippen LogP contribution in [-0.4, -0.2) is 49.3 Å². The molecule has 2 rings (SSSR count). The van der Waals surface area contributed by atoms with Gasteiger partial charge in [-0.2, -0.15) is 0 Å².